The molecule has 3 nitrogen and oxygen atoms in total. The summed E-state index contributed by atoms with van der Waals surface area (Å²) >= 11 is 0. The maximum Gasteiger partial charge on any atom is 1.00 e. The van der Waals surface area contributed by atoms with E-state index in [1.54, 1.807) is 14.0 Å². The van der Waals surface area contributed by atoms with Gasteiger partial charge >= 0.3 is 58.2 Å². The van der Waals surface area contributed by atoms with Gasteiger partial charge in [-0.1, -0.05) is 12.9 Å². The Balaban J connectivity index is 0. The predicted octanol–water partition coefficient (Wildman–Crippen LogP) is -2.20. The molecule has 0 saturated carbocycles. The van der Waals surface area contributed by atoms with E-state index in [1.165, 1.54) is 0 Å². The molecule has 0 atom stereocenters. The minimum Gasteiger partial charge on any atom is -0.509 e. The molecule has 0 aromatic heterocycles. The summed E-state index contributed by atoms with van der Waals surface area (Å²) in [4.78, 5) is 0. The largest absolute Gasteiger partial charge is 1.00 e. The zero-order chi connectivity index (χ0) is 4.99. The molecule has 0 aromatic carbocycles. The first kappa shape index (κ1) is 11.0. The summed E-state index contributed by atoms with van der Waals surface area (Å²) in [5, 5.41) is 14.1. The maximum atomic E-state index is 7.83. The minimum atomic E-state index is 0. The van der Waals surface area contributed by atoms with Crippen LogP contribution in [0, 0.1) is 0 Å². The van der Waals surface area contributed by atoms with Gasteiger partial charge in [0.2, 0.25) is 0 Å². The molecule has 0 radical (unpaired) electrons. The zero-order valence-corrected chi connectivity index (χ0v) is 9.76. The van der Waals surface area contributed by atoms with Crippen LogP contribution in [-0.2, 0) is 0 Å². The van der Waals surface area contributed by atoms with Crippen molar-refractivity contribution in [2.75, 3.05) is 7.05 Å². The quantitative estimate of drug-likeness (QED) is 0.192. The van der Waals surface area contributed by atoms with Crippen LogP contribution in [0.4, 0.5) is 0 Å². The van der Waals surface area contributed by atoms with E-state index in [9.17, 15) is 0 Å². The topological polar surface area (TPSA) is 46.7 Å². The molecular weight excluding hydrogens is 166 g/mol. The van der Waals surface area contributed by atoms with Gasteiger partial charge in [-0.05, 0) is 6.92 Å². The fourth-order valence-corrected chi connectivity index (χ4v) is 0.0447. The smallest absolute Gasteiger partial charge is 0.509 e. The Labute approximate surface area is 92.0 Å². The first-order valence-corrected chi connectivity index (χ1v) is 1.59. The maximum absolute atomic E-state index is 7.83. The summed E-state index contributed by atoms with van der Waals surface area (Å²) in [5.41, 5.74) is 0. The standard InChI is InChI=1S/C3H7N2O.Rb/c1-3(4-2)5-6;/h1-2H3,(H-,4,5,6);/q-1;+1. The molecule has 0 rings (SSSR count). The first-order valence-electron chi connectivity index (χ1n) is 1.59. The number of rotatable bonds is 0. The van der Waals surface area contributed by atoms with E-state index in [0.29, 0.717) is 5.84 Å². The van der Waals surface area contributed by atoms with Gasteiger partial charge in [-0.3, -0.25) is 0 Å². The molecule has 0 aromatic rings. The summed E-state index contributed by atoms with van der Waals surface area (Å²) < 4.78 is 0. The third-order valence-electron chi connectivity index (χ3n) is 0.468. The van der Waals surface area contributed by atoms with Crippen molar-refractivity contribution in [1.82, 2.24) is 0 Å². The number of nitrogens with zero attached hydrogens (tertiary/aromatic N) is 2. The molecular formula is C3H7N2ORb. The van der Waals surface area contributed by atoms with Crippen molar-refractivity contribution in [1.29, 1.82) is 0 Å². The Morgan fingerprint density at radius 1 is 1.71 bits per heavy atom. The van der Waals surface area contributed by atoms with Gasteiger partial charge in [0, 0.05) is 0 Å². The van der Waals surface area contributed by atoms with Crippen LogP contribution in [0.3, 0.4) is 0 Å². The van der Waals surface area contributed by atoms with Crippen LogP contribution in [0.15, 0.2) is 5.16 Å². The van der Waals surface area contributed by atoms with Crippen molar-refractivity contribution in [3.05, 3.63) is 5.32 Å². The van der Waals surface area contributed by atoms with Crippen molar-refractivity contribution in [2.24, 2.45) is 5.16 Å². The van der Waals surface area contributed by atoms with E-state index in [0.717, 1.165) is 0 Å². The average Bonchev–Trinajstić information content (AvgIpc) is 1.65. The molecule has 0 bridgehead atoms. The van der Waals surface area contributed by atoms with Crippen LogP contribution in [-0.4, -0.2) is 18.1 Å². The molecule has 0 unspecified atom stereocenters. The monoisotopic (exact) mass is 172 g/mol. The summed E-state index contributed by atoms with van der Waals surface area (Å²) in [6.45, 7) is 1.61. The summed E-state index contributed by atoms with van der Waals surface area (Å²) in [6, 6.07) is 0. The van der Waals surface area contributed by atoms with Crippen LogP contribution in [0.5, 0.6) is 0 Å². The molecule has 0 aliphatic heterocycles. The molecule has 36 valence electrons. The summed E-state index contributed by atoms with van der Waals surface area (Å²) in [5.74, 6) is 0.398. The number of hydrogen-bond acceptors (Lipinski definition) is 2. The van der Waals surface area contributed by atoms with Crippen LogP contribution in [0.1, 0.15) is 6.92 Å². The second-order valence-electron chi connectivity index (χ2n) is 0.871. The van der Waals surface area contributed by atoms with E-state index in [1.807, 2.05) is 0 Å². The Morgan fingerprint density at radius 2 is 2.14 bits per heavy atom. The van der Waals surface area contributed by atoms with Gasteiger partial charge in [0.05, 0.1) is 0 Å². The Hall–Kier alpha value is 1.08. The number of oxime groups is 1. The second-order valence-corrected chi connectivity index (χ2v) is 0.871. The minimum absolute atomic E-state index is 0. The zero-order valence-electron chi connectivity index (χ0n) is 4.84. The average molecular weight is 173 g/mol. The van der Waals surface area contributed by atoms with Gasteiger partial charge in [-0.15, -0.1) is 0 Å². The van der Waals surface area contributed by atoms with Crippen LogP contribution in [0.25, 0.3) is 5.32 Å². The van der Waals surface area contributed by atoms with Gasteiger partial charge in [-0.25, -0.2) is 0 Å². The van der Waals surface area contributed by atoms with E-state index in [2.05, 4.69) is 10.5 Å². The van der Waals surface area contributed by atoms with E-state index in [-0.39, 0.29) is 58.2 Å². The first-order chi connectivity index (χ1) is 2.81. The van der Waals surface area contributed by atoms with Gasteiger partial charge < -0.3 is 15.7 Å². The van der Waals surface area contributed by atoms with Crippen LogP contribution >= 0.6 is 0 Å². The van der Waals surface area contributed by atoms with E-state index in [4.69, 9.17) is 5.21 Å². The SMILES string of the molecule is C[N-]/C(C)=N\O.[Rb+]. The van der Waals surface area contributed by atoms with Crippen molar-refractivity contribution in [3.63, 3.8) is 0 Å². The molecule has 0 saturated heterocycles. The van der Waals surface area contributed by atoms with Crippen LogP contribution in [0.2, 0.25) is 0 Å². The van der Waals surface area contributed by atoms with E-state index < -0.39 is 0 Å². The number of amidine groups is 1. The van der Waals surface area contributed by atoms with Crippen LogP contribution < -0.4 is 58.2 Å². The fraction of sp³-hybridized carbons (Fsp3) is 0.667. The van der Waals surface area contributed by atoms with Crippen molar-refractivity contribution in [2.45, 2.75) is 6.92 Å². The molecule has 0 fully saturated rings. The number of hydrogen-bond donors (Lipinski definition) is 1. The summed E-state index contributed by atoms with van der Waals surface area (Å²) in [7, 11) is 1.56. The normalized spacial score (nSPS) is 9.71. The predicted molar refractivity (Wildman–Crippen MR) is 24.2 cm³/mol. The van der Waals surface area contributed by atoms with E-state index >= 15 is 0 Å². The Kier molecular flexibility index (Phi) is 11.1. The van der Waals surface area contributed by atoms with Gasteiger partial charge in [0.15, 0.2) is 0 Å². The molecule has 0 amide bonds. The molecule has 7 heavy (non-hydrogen) atoms. The van der Waals surface area contributed by atoms with Gasteiger partial charge in [0.1, 0.15) is 0 Å². The van der Waals surface area contributed by atoms with Crippen molar-refractivity contribution >= 4 is 5.84 Å². The van der Waals surface area contributed by atoms with Gasteiger partial charge in [-0.2, -0.15) is 0 Å². The molecule has 0 spiro atoms. The Morgan fingerprint density at radius 3 is 2.14 bits per heavy atom. The molecule has 1 N–H and O–H groups in total. The second kappa shape index (κ2) is 7.08. The third-order valence-corrected chi connectivity index (χ3v) is 0.468. The fourth-order valence-electron chi connectivity index (χ4n) is 0.0447. The molecule has 0 aliphatic rings. The summed E-state index contributed by atoms with van der Waals surface area (Å²) in [6.07, 6.45) is 0. The third kappa shape index (κ3) is 7.08. The molecule has 0 aliphatic carbocycles. The molecule has 4 heteroatoms. The molecule has 0 heterocycles. The Bertz CT molecular complexity index is 64.0. The van der Waals surface area contributed by atoms with Gasteiger partial charge in [0.25, 0.3) is 0 Å². The van der Waals surface area contributed by atoms with Crippen molar-refractivity contribution < 1.29 is 63.4 Å². The van der Waals surface area contributed by atoms with Crippen molar-refractivity contribution in [3.8, 4) is 0 Å².